The van der Waals surface area contributed by atoms with Gasteiger partial charge in [0.1, 0.15) is 12.1 Å². The Labute approximate surface area is 192 Å². The molecule has 0 radical (unpaired) electrons. The third-order valence-electron chi connectivity index (χ3n) is 4.71. The number of carboxylic acid groups (broad SMARTS) is 1. The highest BCUT2D eigenvalue weighted by Gasteiger charge is 2.26. The maximum absolute atomic E-state index is 12.5. The molecule has 3 atom stereocenters. The Kier molecular flexibility index (Phi) is 11.6. The summed E-state index contributed by atoms with van der Waals surface area (Å²) in [6, 6.07) is 5.61. The zero-order valence-corrected chi connectivity index (χ0v) is 18.9. The van der Waals surface area contributed by atoms with Crippen molar-refractivity contribution < 1.29 is 29.1 Å². The van der Waals surface area contributed by atoms with E-state index in [2.05, 4.69) is 16.0 Å². The second-order valence-electron chi connectivity index (χ2n) is 8.17. The van der Waals surface area contributed by atoms with Crippen LogP contribution in [0.4, 0.5) is 0 Å². The van der Waals surface area contributed by atoms with E-state index >= 15 is 0 Å². The van der Waals surface area contributed by atoms with Gasteiger partial charge in [0.05, 0.1) is 12.6 Å². The topological polar surface area (TPSA) is 194 Å². The van der Waals surface area contributed by atoms with Crippen molar-refractivity contribution in [2.75, 3.05) is 6.54 Å². The molecule has 0 bridgehead atoms. The van der Waals surface area contributed by atoms with E-state index < -0.39 is 54.3 Å². The van der Waals surface area contributed by atoms with Gasteiger partial charge in [-0.15, -0.1) is 0 Å². The number of nitrogens with two attached hydrogens (primary N) is 2. The Bertz CT molecular complexity index is 830. The van der Waals surface area contributed by atoms with Crippen LogP contribution in [-0.4, -0.2) is 59.4 Å². The van der Waals surface area contributed by atoms with E-state index in [1.165, 1.54) is 0 Å². The third kappa shape index (κ3) is 11.1. The zero-order valence-electron chi connectivity index (χ0n) is 18.9. The first kappa shape index (κ1) is 27.6. The number of carbonyl (C=O) groups is 5. The SMILES string of the molecule is CC(C)CC(N)C(=O)NC(CCC(N)=O)C(=O)NCC(=O)NC(Cc1ccccc1)C(=O)O. The van der Waals surface area contributed by atoms with Crippen LogP contribution in [0.15, 0.2) is 30.3 Å². The van der Waals surface area contributed by atoms with Crippen molar-refractivity contribution in [3.63, 3.8) is 0 Å². The number of carbonyl (C=O) groups excluding carboxylic acids is 4. The Hall–Kier alpha value is -3.47. The minimum absolute atomic E-state index is 0.0703. The summed E-state index contributed by atoms with van der Waals surface area (Å²) in [7, 11) is 0. The number of aliphatic carboxylic acids is 1. The maximum Gasteiger partial charge on any atom is 0.326 e. The first-order valence-corrected chi connectivity index (χ1v) is 10.7. The number of primary amides is 1. The van der Waals surface area contributed by atoms with Gasteiger partial charge in [-0.2, -0.15) is 0 Å². The van der Waals surface area contributed by atoms with E-state index in [1.807, 2.05) is 13.8 Å². The first-order valence-electron chi connectivity index (χ1n) is 10.7. The molecule has 1 aromatic rings. The van der Waals surface area contributed by atoms with Gasteiger partial charge < -0.3 is 32.5 Å². The van der Waals surface area contributed by atoms with Crippen molar-refractivity contribution in [3.8, 4) is 0 Å². The molecule has 8 N–H and O–H groups in total. The van der Waals surface area contributed by atoms with Gasteiger partial charge in [0.15, 0.2) is 0 Å². The summed E-state index contributed by atoms with van der Waals surface area (Å²) in [5.41, 5.74) is 11.7. The predicted octanol–water partition coefficient (Wildman–Crippen LogP) is -0.962. The lowest BCUT2D eigenvalue weighted by Crippen LogP contribution is -2.54. The molecule has 3 unspecified atom stereocenters. The second kappa shape index (κ2) is 13.8. The highest BCUT2D eigenvalue weighted by atomic mass is 16.4. The standard InChI is InChI=1S/C22H33N5O6/c1-13(2)10-15(23)20(30)27-16(8-9-18(24)28)21(31)25-12-19(29)26-17(22(32)33)11-14-6-4-3-5-7-14/h3-7,13,15-17H,8-12,23H2,1-2H3,(H2,24,28)(H,25,31)(H,26,29)(H,27,30)(H,32,33). The van der Waals surface area contributed by atoms with Crippen molar-refractivity contribution in [2.24, 2.45) is 17.4 Å². The molecule has 182 valence electrons. The molecular formula is C22H33N5O6. The number of nitrogens with one attached hydrogen (secondary N) is 3. The molecule has 0 saturated heterocycles. The number of amides is 4. The van der Waals surface area contributed by atoms with Crippen LogP contribution in [0.25, 0.3) is 0 Å². The smallest absolute Gasteiger partial charge is 0.326 e. The van der Waals surface area contributed by atoms with E-state index in [0.717, 1.165) is 5.56 Å². The fourth-order valence-electron chi connectivity index (χ4n) is 3.03. The molecule has 33 heavy (non-hydrogen) atoms. The number of hydrogen-bond donors (Lipinski definition) is 6. The maximum atomic E-state index is 12.5. The molecule has 0 spiro atoms. The highest BCUT2D eigenvalue weighted by Crippen LogP contribution is 2.05. The minimum Gasteiger partial charge on any atom is -0.480 e. The fraction of sp³-hybridized carbons (Fsp3) is 0.500. The predicted molar refractivity (Wildman–Crippen MR) is 121 cm³/mol. The van der Waals surface area contributed by atoms with E-state index in [9.17, 15) is 29.1 Å². The van der Waals surface area contributed by atoms with Gasteiger partial charge in [-0.3, -0.25) is 19.2 Å². The van der Waals surface area contributed by atoms with Crippen LogP contribution in [0.5, 0.6) is 0 Å². The summed E-state index contributed by atoms with van der Waals surface area (Å²) >= 11 is 0. The van der Waals surface area contributed by atoms with Crippen molar-refractivity contribution >= 4 is 29.6 Å². The zero-order chi connectivity index (χ0) is 25.0. The van der Waals surface area contributed by atoms with Crippen LogP contribution in [0.3, 0.4) is 0 Å². The molecule has 0 fully saturated rings. The minimum atomic E-state index is -1.22. The van der Waals surface area contributed by atoms with Crippen LogP contribution in [0.1, 0.15) is 38.7 Å². The molecule has 0 aliphatic rings. The van der Waals surface area contributed by atoms with Crippen molar-refractivity contribution in [2.45, 2.75) is 57.7 Å². The van der Waals surface area contributed by atoms with Gasteiger partial charge in [0.25, 0.3) is 0 Å². The van der Waals surface area contributed by atoms with Crippen molar-refractivity contribution in [1.29, 1.82) is 0 Å². The quantitative estimate of drug-likeness (QED) is 0.204. The van der Waals surface area contributed by atoms with Crippen LogP contribution < -0.4 is 27.4 Å². The number of carboxylic acids is 1. The van der Waals surface area contributed by atoms with E-state index in [-0.39, 0.29) is 25.2 Å². The first-order chi connectivity index (χ1) is 15.5. The lowest BCUT2D eigenvalue weighted by atomic mass is 10.0. The van der Waals surface area contributed by atoms with E-state index in [1.54, 1.807) is 30.3 Å². The second-order valence-corrected chi connectivity index (χ2v) is 8.17. The summed E-state index contributed by atoms with van der Waals surface area (Å²) in [6.45, 7) is 3.27. The van der Waals surface area contributed by atoms with Crippen molar-refractivity contribution in [1.82, 2.24) is 16.0 Å². The molecule has 1 rings (SSSR count). The molecule has 4 amide bonds. The van der Waals surface area contributed by atoms with Gasteiger partial charge in [-0.1, -0.05) is 44.2 Å². The van der Waals surface area contributed by atoms with Gasteiger partial charge >= 0.3 is 5.97 Å². The van der Waals surface area contributed by atoms with E-state index in [0.29, 0.717) is 6.42 Å². The Morgan fingerprint density at radius 1 is 0.970 bits per heavy atom. The largest absolute Gasteiger partial charge is 0.480 e. The molecular weight excluding hydrogens is 430 g/mol. The van der Waals surface area contributed by atoms with Crippen LogP contribution >= 0.6 is 0 Å². The van der Waals surface area contributed by atoms with Crippen LogP contribution in [0, 0.1) is 5.92 Å². The summed E-state index contributed by atoms with van der Waals surface area (Å²) in [6.07, 6.45) is 0.230. The molecule has 0 aliphatic carbocycles. The van der Waals surface area contributed by atoms with E-state index in [4.69, 9.17) is 11.5 Å². The molecule has 0 saturated carbocycles. The van der Waals surface area contributed by atoms with Crippen molar-refractivity contribution in [3.05, 3.63) is 35.9 Å². The van der Waals surface area contributed by atoms with Gasteiger partial charge in [0.2, 0.25) is 23.6 Å². The lowest BCUT2D eigenvalue weighted by Gasteiger charge is -2.21. The Balaban J connectivity index is 2.69. The fourth-order valence-corrected chi connectivity index (χ4v) is 3.03. The molecule has 0 aliphatic heterocycles. The summed E-state index contributed by atoms with van der Waals surface area (Å²) in [4.78, 5) is 59.7. The summed E-state index contributed by atoms with van der Waals surface area (Å²) in [5.74, 6) is -3.72. The molecule has 11 heteroatoms. The van der Waals surface area contributed by atoms with Gasteiger partial charge in [0, 0.05) is 12.8 Å². The van der Waals surface area contributed by atoms with Gasteiger partial charge in [-0.25, -0.2) is 4.79 Å². The highest BCUT2D eigenvalue weighted by molar-refractivity contribution is 5.93. The van der Waals surface area contributed by atoms with Crippen LogP contribution in [0.2, 0.25) is 0 Å². The van der Waals surface area contributed by atoms with Gasteiger partial charge in [-0.05, 0) is 24.3 Å². The molecule has 0 aromatic heterocycles. The molecule has 0 heterocycles. The third-order valence-corrected chi connectivity index (χ3v) is 4.71. The Morgan fingerprint density at radius 3 is 2.15 bits per heavy atom. The number of hydrogen-bond acceptors (Lipinski definition) is 6. The summed E-state index contributed by atoms with van der Waals surface area (Å²) < 4.78 is 0. The molecule has 11 nitrogen and oxygen atoms in total. The average Bonchev–Trinajstić information content (AvgIpc) is 2.74. The summed E-state index contributed by atoms with van der Waals surface area (Å²) in [5, 5.41) is 16.6. The monoisotopic (exact) mass is 463 g/mol. The number of benzene rings is 1. The number of rotatable bonds is 14. The average molecular weight is 464 g/mol. The lowest BCUT2D eigenvalue weighted by molar-refractivity contribution is -0.141. The Morgan fingerprint density at radius 2 is 1.61 bits per heavy atom. The molecule has 1 aromatic carbocycles. The van der Waals surface area contributed by atoms with Crippen LogP contribution in [-0.2, 0) is 30.4 Å². The normalized spacial score (nSPS) is 13.5.